The predicted octanol–water partition coefficient (Wildman–Crippen LogP) is 4.32. The standard InChI is InChI=1S/C65H89N7O20/c1-5-47-49-37-46(73)14-15-53(49)70-59-50(47)40-72-55(59)39-52-51(62(72)79)42-90-63(80)65(52,6-2)92-64(81)91-41-44-10-12-45(13-11-44)68-60(77)54(9-7-8-18-66)69-57(75)17-21-82-23-25-84-27-29-86-31-33-88-35-36-89-34-32-87-30-28-85-26-24-83-22-19-67-56(74)16-20-71-58(76)38-48(43(3)4)61(71)78/h10-15,37,39,43,48,54,73H,5-9,16-36,38,40-42,66H2,1-4H3,(H,67,74)(H,68,77)(H,69,75)/t48?,54-,65-/m0/s1. The molecular weight excluding hydrogens is 1200 g/mol. The van der Waals surface area contributed by atoms with Crippen LogP contribution in [0, 0.1) is 11.8 Å². The van der Waals surface area contributed by atoms with Gasteiger partial charge in [-0.05, 0) is 92.1 Å². The number of nitrogens with one attached hydrogen (secondary N) is 3. The molecule has 1 unspecified atom stereocenters. The molecule has 27 nitrogen and oxygen atoms in total. The summed E-state index contributed by atoms with van der Waals surface area (Å²) >= 11 is 0. The van der Waals surface area contributed by atoms with Crippen molar-refractivity contribution in [2.75, 3.05) is 131 Å². The maximum atomic E-state index is 14.1. The Hall–Kier alpha value is -7.47. The minimum Gasteiger partial charge on any atom is -0.508 e. The Labute approximate surface area is 534 Å². The Morgan fingerprint density at radius 3 is 1.93 bits per heavy atom. The molecule has 5 heterocycles. The maximum absolute atomic E-state index is 14.1. The van der Waals surface area contributed by atoms with Crippen molar-refractivity contribution in [3.63, 3.8) is 0 Å². The summed E-state index contributed by atoms with van der Waals surface area (Å²) < 4.78 is 62.6. The van der Waals surface area contributed by atoms with Crippen LogP contribution in [0.5, 0.6) is 5.75 Å². The molecule has 3 aliphatic rings. The Kier molecular flexibility index (Phi) is 29.2. The number of pyridine rings is 2. The Morgan fingerprint density at radius 1 is 0.750 bits per heavy atom. The van der Waals surface area contributed by atoms with E-state index in [0.717, 1.165) is 16.5 Å². The van der Waals surface area contributed by atoms with E-state index in [1.54, 1.807) is 60.0 Å². The molecule has 0 bridgehead atoms. The van der Waals surface area contributed by atoms with E-state index in [-0.39, 0.29) is 118 Å². The number of nitrogens with two attached hydrogens (primary N) is 1. The van der Waals surface area contributed by atoms with Gasteiger partial charge in [0, 0.05) is 60.5 Å². The first kappa shape index (κ1) is 72.0. The summed E-state index contributed by atoms with van der Waals surface area (Å²) in [5, 5.41) is 19.4. The fraction of sp³-hybridized carbons (Fsp3) is 0.585. The van der Waals surface area contributed by atoms with Gasteiger partial charge in [-0.25, -0.2) is 14.6 Å². The van der Waals surface area contributed by atoms with Crippen LogP contribution in [-0.2, 0) is 113 Å². The number of ether oxygens (including phenoxy) is 11. The maximum Gasteiger partial charge on any atom is 0.510 e. The summed E-state index contributed by atoms with van der Waals surface area (Å²) in [4.78, 5) is 110. The van der Waals surface area contributed by atoms with Gasteiger partial charge < -0.3 is 83.5 Å². The number of fused-ring (bicyclic) bond motifs is 5. The molecular formula is C65H89N7O20. The lowest BCUT2D eigenvalue weighted by Crippen LogP contribution is -2.47. The number of cyclic esters (lactones) is 1. The predicted molar refractivity (Wildman–Crippen MR) is 333 cm³/mol. The van der Waals surface area contributed by atoms with Gasteiger partial charge in [-0.1, -0.05) is 39.8 Å². The third-order valence-electron chi connectivity index (χ3n) is 15.8. The Bertz CT molecular complexity index is 3180. The highest BCUT2D eigenvalue weighted by atomic mass is 16.7. The zero-order valence-corrected chi connectivity index (χ0v) is 53.2. The summed E-state index contributed by atoms with van der Waals surface area (Å²) in [5.74, 6) is -2.43. The number of unbranched alkanes of at least 4 members (excludes halogenated alkanes) is 1. The summed E-state index contributed by atoms with van der Waals surface area (Å²) in [6.07, 6.45) is 1.27. The molecule has 27 heteroatoms. The van der Waals surface area contributed by atoms with Crippen molar-refractivity contribution in [2.24, 2.45) is 17.6 Å². The van der Waals surface area contributed by atoms with Gasteiger partial charge >= 0.3 is 12.1 Å². The molecule has 5 amide bonds. The average Bonchev–Trinajstić information content (AvgIpc) is 1.48. The third kappa shape index (κ3) is 20.5. The van der Waals surface area contributed by atoms with Crippen LogP contribution in [0.1, 0.15) is 100 Å². The molecule has 3 aliphatic heterocycles. The van der Waals surface area contributed by atoms with Gasteiger partial charge in [-0.2, -0.15) is 0 Å². The first-order valence-corrected chi connectivity index (χ1v) is 31.7. The number of hydrogen-bond acceptors (Lipinski definition) is 22. The number of carbonyl (C=O) groups excluding carboxylic acids is 7. The number of amides is 5. The fourth-order valence-corrected chi connectivity index (χ4v) is 10.8. The SMILES string of the molecule is CCc1c2c(nc3ccc(O)cc13)-c1cc3c(c(=O)n1C2)COC(=O)[C@@]3(CC)OC(=O)OCc1ccc(NC(=O)[C@H](CCCCN)NC(=O)CCOCCOCCOCCOCCOCCOCCOCCOCCNC(=O)CCN2C(=O)CC(C(C)C)C2=O)cc1. The molecule has 504 valence electrons. The number of carbonyl (C=O) groups is 7. The third-order valence-corrected chi connectivity index (χ3v) is 15.8. The van der Waals surface area contributed by atoms with Crippen LogP contribution in [-0.4, -0.2) is 193 Å². The highest BCUT2D eigenvalue weighted by Crippen LogP contribution is 2.43. The topological polar surface area (TPSA) is 341 Å². The summed E-state index contributed by atoms with van der Waals surface area (Å²) in [6.45, 7) is 13.6. The fourth-order valence-electron chi connectivity index (χ4n) is 10.8. The van der Waals surface area contributed by atoms with Crippen LogP contribution in [0.25, 0.3) is 22.3 Å². The molecule has 0 aliphatic carbocycles. The van der Waals surface area contributed by atoms with Crippen LogP contribution in [0.4, 0.5) is 10.5 Å². The molecule has 92 heavy (non-hydrogen) atoms. The Morgan fingerprint density at radius 2 is 1.36 bits per heavy atom. The number of aromatic hydroxyl groups is 1. The second-order valence-electron chi connectivity index (χ2n) is 22.5. The van der Waals surface area contributed by atoms with Crippen LogP contribution in [0.15, 0.2) is 53.3 Å². The number of hydrogen-bond donors (Lipinski definition) is 5. The van der Waals surface area contributed by atoms with Gasteiger partial charge in [0.1, 0.15) is 25.0 Å². The molecule has 1 fully saturated rings. The number of aryl methyl sites for hydroxylation is 1. The number of esters is 1. The minimum absolute atomic E-state index is 0.0183. The van der Waals surface area contributed by atoms with E-state index in [0.29, 0.717) is 159 Å². The summed E-state index contributed by atoms with van der Waals surface area (Å²) in [5.41, 5.74) is 8.07. The number of nitrogens with zero attached hydrogens (tertiary/aromatic N) is 3. The largest absolute Gasteiger partial charge is 0.510 e. The molecule has 6 N–H and O–H groups in total. The van der Waals surface area contributed by atoms with Crippen LogP contribution in [0.3, 0.4) is 0 Å². The lowest BCUT2D eigenvalue weighted by molar-refractivity contribution is -0.175. The van der Waals surface area contributed by atoms with Gasteiger partial charge in [0.2, 0.25) is 35.1 Å². The Balaban J connectivity index is 0.681. The first-order valence-electron chi connectivity index (χ1n) is 31.7. The van der Waals surface area contributed by atoms with Crippen LogP contribution >= 0.6 is 0 Å². The van der Waals surface area contributed by atoms with Crippen molar-refractivity contribution < 1.29 is 90.8 Å². The van der Waals surface area contributed by atoms with Crippen molar-refractivity contribution in [2.45, 2.75) is 110 Å². The van der Waals surface area contributed by atoms with E-state index in [1.807, 2.05) is 20.8 Å². The number of aromatic nitrogens is 2. The molecule has 0 radical (unpaired) electrons. The second-order valence-corrected chi connectivity index (χ2v) is 22.5. The first-order chi connectivity index (χ1) is 44.6. The number of anilines is 1. The smallest absolute Gasteiger partial charge is 0.508 e. The summed E-state index contributed by atoms with van der Waals surface area (Å²) in [7, 11) is 0. The van der Waals surface area contributed by atoms with E-state index >= 15 is 0 Å². The van der Waals surface area contributed by atoms with Crippen molar-refractivity contribution in [1.82, 2.24) is 25.1 Å². The van der Waals surface area contributed by atoms with E-state index in [4.69, 9.17) is 62.8 Å². The number of phenols is 1. The molecule has 2 aromatic heterocycles. The van der Waals surface area contributed by atoms with Crippen molar-refractivity contribution in [1.29, 1.82) is 0 Å². The number of imide groups is 1. The number of likely N-dealkylation sites (tertiary alicyclic amines) is 1. The number of rotatable bonds is 43. The van der Waals surface area contributed by atoms with E-state index < -0.39 is 35.2 Å². The summed E-state index contributed by atoms with van der Waals surface area (Å²) in [6, 6.07) is 12.2. The van der Waals surface area contributed by atoms with E-state index in [1.165, 1.54) is 4.90 Å². The molecule has 2 aromatic carbocycles. The highest BCUT2D eigenvalue weighted by Gasteiger charge is 2.51. The lowest BCUT2D eigenvalue weighted by Gasteiger charge is -2.35. The van der Waals surface area contributed by atoms with Gasteiger partial charge in [0.05, 0.1) is 135 Å². The zero-order valence-electron chi connectivity index (χ0n) is 53.2. The van der Waals surface area contributed by atoms with Gasteiger partial charge in [0.25, 0.3) is 5.56 Å². The van der Waals surface area contributed by atoms with Gasteiger partial charge in [-0.3, -0.25) is 33.7 Å². The highest BCUT2D eigenvalue weighted by molar-refractivity contribution is 6.04. The lowest BCUT2D eigenvalue weighted by atomic mass is 9.85. The average molecular weight is 1290 g/mol. The monoisotopic (exact) mass is 1290 g/mol. The molecule has 3 atom stereocenters. The van der Waals surface area contributed by atoms with E-state index in [9.17, 15) is 43.5 Å². The number of benzene rings is 2. The van der Waals surface area contributed by atoms with Crippen LogP contribution in [0.2, 0.25) is 0 Å². The van der Waals surface area contributed by atoms with Crippen molar-refractivity contribution >= 4 is 58.3 Å². The normalized spacial score (nSPS) is 16.1. The minimum atomic E-state index is -1.99. The zero-order chi connectivity index (χ0) is 65.8. The second kappa shape index (κ2) is 37.3. The molecule has 1 saturated heterocycles. The van der Waals surface area contributed by atoms with Crippen molar-refractivity contribution in [3.05, 3.63) is 86.7 Å². The van der Waals surface area contributed by atoms with Gasteiger partial charge in [-0.15, -0.1) is 0 Å². The molecule has 7 rings (SSSR count). The van der Waals surface area contributed by atoms with E-state index in [2.05, 4.69) is 16.0 Å². The number of phenolic OH excluding ortho intramolecular Hbond substituents is 1. The van der Waals surface area contributed by atoms with Crippen LogP contribution < -0.4 is 27.2 Å². The quantitative estimate of drug-likeness (QED) is 0.0206. The van der Waals surface area contributed by atoms with Gasteiger partial charge in [0.15, 0.2) is 0 Å². The molecule has 4 aromatic rings. The molecule has 0 spiro atoms. The molecule has 0 saturated carbocycles. The van der Waals surface area contributed by atoms with Crippen molar-refractivity contribution in [3.8, 4) is 17.1 Å².